The van der Waals surface area contributed by atoms with Gasteiger partial charge in [-0.2, -0.15) is 0 Å². The molecule has 0 aliphatic carbocycles. The zero-order valence-electron chi connectivity index (χ0n) is 14.2. The van der Waals surface area contributed by atoms with Crippen LogP contribution in [0, 0.1) is 6.92 Å². The van der Waals surface area contributed by atoms with Gasteiger partial charge in [-0.05, 0) is 44.2 Å². The SMILES string of the molecule is CCCCOc1c(C)cc(OCCCCCCl)c2ccccc12. The average Bonchev–Trinajstić information content (AvgIpc) is 2.57. The molecule has 126 valence electrons. The second-order valence-corrected chi connectivity index (χ2v) is 6.24. The van der Waals surface area contributed by atoms with Crippen LogP contribution >= 0.6 is 11.6 Å². The number of unbranched alkanes of at least 4 members (excludes halogenated alkanes) is 3. The van der Waals surface area contributed by atoms with E-state index in [1.54, 1.807) is 0 Å². The second kappa shape index (κ2) is 9.67. The molecule has 0 bridgehead atoms. The summed E-state index contributed by atoms with van der Waals surface area (Å²) in [5.41, 5.74) is 1.13. The lowest BCUT2D eigenvalue weighted by atomic mass is 10.0. The fourth-order valence-electron chi connectivity index (χ4n) is 2.63. The van der Waals surface area contributed by atoms with Crippen molar-refractivity contribution in [3.05, 3.63) is 35.9 Å². The van der Waals surface area contributed by atoms with E-state index in [1.165, 1.54) is 0 Å². The number of alkyl halides is 1. The summed E-state index contributed by atoms with van der Waals surface area (Å²) < 4.78 is 12.1. The molecule has 0 unspecified atom stereocenters. The Balaban J connectivity index is 2.17. The van der Waals surface area contributed by atoms with Crippen molar-refractivity contribution in [1.82, 2.24) is 0 Å². The van der Waals surface area contributed by atoms with E-state index in [2.05, 4.69) is 38.1 Å². The van der Waals surface area contributed by atoms with Crippen LogP contribution in [-0.4, -0.2) is 19.1 Å². The molecule has 0 spiro atoms. The van der Waals surface area contributed by atoms with Gasteiger partial charge in [0.2, 0.25) is 0 Å². The highest BCUT2D eigenvalue weighted by Crippen LogP contribution is 2.36. The van der Waals surface area contributed by atoms with E-state index in [0.29, 0.717) is 0 Å². The molecule has 0 heterocycles. The Morgan fingerprint density at radius 1 is 0.913 bits per heavy atom. The van der Waals surface area contributed by atoms with Crippen LogP contribution in [0.4, 0.5) is 0 Å². The number of hydrogen-bond donors (Lipinski definition) is 0. The molecule has 0 saturated heterocycles. The Morgan fingerprint density at radius 3 is 2.39 bits per heavy atom. The molecule has 0 radical (unpaired) electrons. The quantitative estimate of drug-likeness (QED) is 0.385. The molecule has 3 heteroatoms. The molecular weight excluding hydrogens is 308 g/mol. The first kappa shape index (κ1) is 17.9. The van der Waals surface area contributed by atoms with E-state index in [4.69, 9.17) is 21.1 Å². The van der Waals surface area contributed by atoms with E-state index >= 15 is 0 Å². The molecule has 0 N–H and O–H groups in total. The third-order valence-electron chi connectivity index (χ3n) is 3.92. The van der Waals surface area contributed by atoms with Crippen LogP contribution in [0.25, 0.3) is 10.8 Å². The molecule has 0 aliphatic heterocycles. The van der Waals surface area contributed by atoms with Crippen molar-refractivity contribution in [1.29, 1.82) is 0 Å². The van der Waals surface area contributed by atoms with Crippen molar-refractivity contribution in [2.45, 2.75) is 46.0 Å². The molecule has 2 rings (SSSR count). The third kappa shape index (κ3) is 5.04. The average molecular weight is 335 g/mol. The number of ether oxygens (including phenoxy) is 2. The minimum atomic E-state index is 0.728. The minimum Gasteiger partial charge on any atom is -0.493 e. The largest absolute Gasteiger partial charge is 0.493 e. The standard InChI is InChI=1S/C20H27ClO2/c1-3-4-13-23-20-16(2)15-19(22-14-9-5-8-12-21)17-10-6-7-11-18(17)20/h6-7,10-11,15H,3-5,8-9,12-14H2,1-2H3. The highest BCUT2D eigenvalue weighted by molar-refractivity contribution is 6.17. The first-order chi connectivity index (χ1) is 11.3. The molecule has 0 saturated carbocycles. The highest BCUT2D eigenvalue weighted by atomic mass is 35.5. The van der Waals surface area contributed by atoms with Gasteiger partial charge in [-0.3, -0.25) is 0 Å². The normalized spacial score (nSPS) is 10.9. The smallest absolute Gasteiger partial charge is 0.130 e. The monoisotopic (exact) mass is 334 g/mol. The zero-order chi connectivity index (χ0) is 16.5. The minimum absolute atomic E-state index is 0.728. The predicted octanol–water partition coefficient (Wildman–Crippen LogP) is 6.12. The molecular formula is C20H27ClO2. The summed E-state index contributed by atoms with van der Waals surface area (Å²) in [5.74, 6) is 2.67. The van der Waals surface area contributed by atoms with Gasteiger partial charge in [0.15, 0.2) is 0 Å². The maximum Gasteiger partial charge on any atom is 0.130 e. The summed E-state index contributed by atoms with van der Waals surface area (Å²) in [6.07, 6.45) is 5.41. The topological polar surface area (TPSA) is 18.5 Å². The molecule has 0 amide bonds. The van der Waals surface area contributed by atoms with Gasteiger partial charge in [0.25, 0.3) is 0 Å². The summed E-state index contributed by atoms with van der Waals surface area (Å²) in [5, 5.41) is 2.27. The van der Waals surface area contributed by atoms with Crippen LogP contribution in [0.2, 0.25) is 0 Å². The van der Waals surface area contributed by atoms with Gasteiger partial charge in [-0.15, -0.1) is 11.6 Å². The van der Waals surface area contributed by atoms with Gasteiger partial charge in [0, 0.05) is 16.7 Å². The lowest BCUT2D eigenvalue weighted by Gasteiger charge is -2.16. The molecule has 0 fully saturated rings. The highest BCUT2D eigenvalue weighted by Gasteiger charge is 2.11. The lowest BCUT2D eigenvalue weighted by Crippen LogP contribution is -2.02. The van der Waals surface area contributed by atoms with Crippen molar-refractivity contribution in [2.75, 3.05) is 19.1 Å². The molecule has 2 aromatic carbocycles. The molecule has 0 aliphatic rings. The third-order valence-corrected chi connectivity index (χ3v) is 4.19. The summed E-state index contributed by atoms with van der Waals surface area (Å²) in [7, 11) is 0. The van der Waals surface area contributed by atoms with E-state index in [-0.39, 0.29) is 0 Å². The van der Waals surface area contributed by atoms with Crippen LogP contribution < -0.4 is 9.47 Å². The molecule has 0 aromatic heterocycles. The Labute approximate surface area is 144 Å². The lowest BCUT2D eigenvalue weighted by molar-refractivity contribution is 0.303. The molecule has 2 nitrogen and oxygen atoms in total. The summed E-state index contributed by atoms with van der Waals surface area (Å²) in [6, 6.07) is 10.4. The fourth-order valence-corrected chi connectivity index (χ4v) is 2.82. The Hall–Kier alpha value is -1.41. The Morgan fingerprint density at radius 2 is 1.65 bits per heavy atom. The number of benzene rings is 2. The maximum absolute atomic E-state index is 6.03. The Kier molecular flexibility index (Phi) is 7.54. The summed E-state index contributed by atoms with van der Waals surface area (Å²) >= 11 is 5.71. The van der Waals surface area contributed by atoms with Crippen molar-refractivity contribution in [3.8, 4) is 11.5 Å². The van der Waals surface area contributed by atoms with Crippen LogP contribution in [0.1, 0.15) is 44.6 Å². The van der Waals surface area contributed by atoms with Gasteiger partial charge >= 0.3 is 0 Å². The number of aryl methyl sites for hydroxylation is 1. The van der Waals surface area contributed by atoms with Crippen LogP contribution in [0.15, 0.2) is 30.3 Å². The Bertz CT molecular complexity index is 610. The second-order valence-electron chi connectivity index (χ2n) is 5.87. The van der Waals surface area contributed by atoms with Crippen molar-refractivity contribution < 1.29 is 9.47 Å². The first-order valence-corrected chi connectivity index (χ1v) is 9.15. The van der Waals surface area contributed by atoms with Gasteiger partial charge < -0.3 is 9.47 Å². The van der Waals surface area contributed by atoms with Gasteiger partial charge in [-0.25, -0.2) is 0 Å². The molecule has 23 heavy (non-hydrogen) atoms. The van der Waals surface area contributed by atoms with Gasteiger partial charge in [0.1, 0.15) is 11.5 Å². The van der Waals surface area contributed by atoms with Crippen molar-refractivity contribution in [2.24, 2.45) is 0 Å². The van der Waals surface area contributed by atoms with E-state index in [9.17, 15) is 0 Å². The predicted molar refractivity (Wildman–Crippen MR) is 99.2 cm³/mol. The maximum atomic E-state index is 6.03. The number of hydrogen-bond acceptors (Lipinski definition) is 2. The number of fused-ring (bicyclic) bond motifs is 1. The molecule has 0 atom stereocenters. The van der Waals surface area contributed by atoms with E-state index in [0.717, 1.165) is 79.0 Å². The van der Waals surface area contributed by atoms with Gasteiger partial charge in [-0.1, -0.05) is 37.6 Å². The summed E-state index contributed by atoms with van der Waals surface area (Å²) in [4.78, 5) is 0. The van der Waals surface area contributed by atoms with Crippen molar-refractivity contribution in [3.63, 3.8) is 0 Å². The van der Waals surface area contributed by atoms with Gasteiger partial charge in [0.05, 0.1) is 13.2 Å². The number of rotatable bonds is 10. The summed E-state index contributed by atoms with van der Waals surface area (Å²) in [6.45, 7) is 5.76. The van der Waals surface area contributed by atoms with Crippen LogP contribution in [0.3, 0.4) is 0 Å². The van der Waals surface area contributed by atoms with Crippen LogP contribution in [0.5, 0.6) is 11.5 Å². The van der Waals surface area contributed by atoms with E-state index < -0.39 is 0 Å². The zero-order valence-corrected chi connectivity index (χ0v) is 15.0. The fraction of sp³-hybridized carbons (Fsp3) is 0.500. The molecule has 2 aromatic rings. The number of halogens is 1. The van der Waals surface area contributed by atoms with E-state index in [1.807, 2.05) is 6.07 Å². The van der Waals surface area contributed by atoms with Crippen LogP contribution in [-0.2, 0) is 0 Å². The first-order valence-electron chi connectivity index (χ1n) is 8.61. The van der Waals surface area contributed by atoms with Crippen molar-refractivity contribution >= 4 is 22.4 Å².